The van der Waals surface area contributed by atoms with Crippen LogP contribution in [0.1, 0.15) is 22.8 Å². The van der Waals surface area contributed by atoms with Crippen LogP contribution in [0.3, 0.4) is 0 Å². The Bertz CT molecular complexity index is 879. The van der Waals surface area contributed by atoms with E-state index in [2.05, 4.69) is 5.32 Å². The molecule has 0 aromatic heterocycles. The molecular weight excluding hydrogens is 364 g/mol. The fraction of sp³-hybridized carbons (Fsp3) is 0.300. The predicted octanol–water partition coefficient (Wildman–Crippen LogP) is 2.62. The number of carbonyl (C=O) groups is 2. The Morgan fingerprint density at radius 1 is 1.18 bits per heavy atom. The molecule has 0 radical (unpaired) electrons. The fourth-order valence-electron chi connectivity index (χ4n) is 2.93. The number of methoxy groups -OCH3 is 2. The largest absolute Gasteiger partial charge is 0.497 e. The van der Waals surface area contributed by atoms with Crippen molar-refractivity contribution in [2.75, 3.05) is 26.1 Å². The maximum Gasteiger partial charge on any atom is 0.337 e. The van der Waals surface area contributed by atoms with Gasteiger partial charge in [-0.25, -0.2) is 9.59 Å². The molecule has 0 spiro atoms. The summed E-state index contributed by atoms with van der Waals surface area (Å²) in [6.07, 6.45) is 0. The van der Waals surface area contributed by atoms with Crippen molar-refractivity contribution in [3.8, 4) is 11.5 Å². The molecule has 1 aliphatic heterocycles. The van der Waals surface area contributed by atoms with Crippen molar-refractivity contribution in [1.82, 2.24) is 4.90 Å². The van der Waals surface area contributed by atoms with Crippen LogP contribution in [0.2, 0.25) is 0 Å². The molecule has 2 N–H and O–H groups in total. The van der Waals surface area contributed by atoms with E-state index in [1.165, 1.54) is 25.0 Å². The van der Waals surface area contributed by atoms with E-state index in [1.54, 1.807) is 43.5 Å². The molecule has 8 nitrogen and oxygen atoms in total. The summed E-state index contributed by atoms with van der Waals surface area (Å²) in [5, 5.41) is 13.4. The number of hydrogen-bond acceptors (Lipinski definition) is 6. The van der Waals surface area contributed by atoms with E-state index < -0.39 is 11.8 Å². The summed E-state index contributed by atoms with van der Waals surface area (Å²) in [5.74, 6) is -1.13. The van der Waals surface area contributed by atoms with Crippen LogP contribution in [-0.4, -0.2) is 48.6 Å². The van der Waals surface area contributed by atoms with Gasteiger partial charge in [-0.2, -0.15) is 0 Å². The van der Waals surface area contributed by atoms with Crippen LogP contribution in [0.15, 0.2) is 42.5 Å². The van der Waals surface area contributed by atoms with Gasteiger partial charge in [0, 0.05) is 18.2 Å². The van der Waals surface area contributed by atoms with Gasteiger partial charge in [0.25, 0.3) is 0 Å². The minimum Gasteiger partial charge on any atom is -0.497 e. The highest BCUT2D eigenvalue weighted by atomic mass is 16.6. The Morgan fingerprint density at radius 3 is 2.54 bits per heavy atom. The summed E-state index contributed by atoms with van der Waals surface area (Å²) in [5.41, 5.74) is 1.56. The highest BCUT2D eigenvalue weighted by Crippen LogP contribution is 2.30. The summed E-state index contributed by atoms with van der Waals surface area (Å²) in [6, 6.07) is 11.3. The molecule has 3 rings (SSSR count). The van der Waals surface area contributed by atoms with E-state index in [1.807, 2.05) is 0 Å². The van der Waals surface area contributed by atoms with E-state index in [-0.39, 0.29) is 19.1 Å². The SMILES string of the molecule is COC(=O)c1ccc2c(c1)O[C@@](C)(O)CN(C(=O)Nc1ccc(OC)cc1)C2. The number of urea groups is 1. The number of β-amino-alcohol motifs (C(OH)–C–C–N with tert-alkyl or cyclic N) is 1. The molecule has 0 bridgehead atoms. The Morgan fingerprint density at radius 2 is 1.89 bits per heavy atom. The number of fused-ring (bicyclic) bond motifs is 1. The standard InChI is InChI=1S/C20H22N2O6/c1-20(25)12-22(19(24)21-15-6-8-16(26-2)9-7-15)11-14-5-4-13(18(23)27-3)10-17(14)28-20/h4-10,25H,11-12H2,1-3H3,(H,21,24)/t20-/m1/s1. The number of aliphatic hydroxyl groups is 1. The minimum atomic E-state index is -1.63. The molecule has 1 heterocycles. The lowest BCUT2D eigenvalue weighted by molar-refractivity contribution is -0.127. The number of benzene rings is 2. The number of nitrogens with one attached hydrogen (secondary N) is 1. The lowest BCUT2D eigenvalue weighted by atomic mass is 10.1. The highest BCUT2D eigenvalue weighted by molar-refractivity contribution is 5.91. The first-order valence-electron chi connectivity index (χ1n) is 8.64. The zero-order valence-corrected chi connectivity index (χ0v) is 15.9. The normalized spacial score (nSPS) is 18.4. The molecular formula is C20H22N2O6. The summed E-state index contributed by atoms with van der Waals surface area (Å²) in [7, 11) is 2.85. The second-order valence-corrected chi connectivity index (χ2v) is 6.61. The van der Waals surface area contributed by atoms with Gasteiger partial charge in [-0.15, -0.1) is 0 Å². The highest BCUT2D eigenvalue weighted by Gasteiger charge is 2.34. The Labute approximate surface area is 162 Å². The Kier molecular flexibility index (Phi) is 5.41. The smallest absolute Gasteiger partial charge is 0.337 e. The molecule has 0 saturated heterocycles. The van der Waals surface area contributed by atoms with E-state index in [0.717, 1.165) is 0 Å². The Balaban J connectivity index is 1.82. The topological polar surface area (TPSA) is 97.3 Å². The average Bonchev–Trinajstić information content (AvgIpc) is 2.81. The summed E-state index contributed by atoms with van der Waals surface area (Å²) in [6.45, 7) is 1.60. The third-order valence-electron chi connectivity index (χ3n) is 4.29. The van der Waals surface area contributed by atoms with Crippen molar-refractivity contribution in [2.45, 2.75) is 19.3 Å². The van der Waals surface area contributed by atoms with Crippen molar-refractivity contribution < 1.29 is 28.9 Å². The number of hydrogen-bond donors (Lipinski definition) is 2. The summed E-state index contributed by atoms with van der Waals surface area (Å²) < 4.78 is 15.5. The van der Waals surface area contributed by atoms with Crippen LogP contribution >= 0.6 is 0 Å². The van der Waals surface area contributed by atoms with Gasteiger partial charge < -0.3 is 29.5 Å². The number of nitrogens with zero attached hydrogens (tertiary/aromatic N) is 1. The number of amides is 2. The lowest BCUT2D eigenvalue weighted by Gasteiger charge is -2.28. The zero-order chi connectivity index (χ0) is 20.3. The quantitative estimate of drug-likeness (QED) is 0.787. The van der Waals surface area contributed by atoms with Gasteiger partial charge in [-0.05, 0) is 36.4 Å². The van der Waals surface area contributed by atoms with Gasteiger partial charge in [0.15, 0.2) is 0 Å². The number of ether oxygens (including phenoxy) is 3. The second-order valence-electron chi connectivity index (χ2n) is 6.61. The van der Waals surface area contributed by atoms with Crippen molar-refractivity contribution in [3.63, 3.8) is 0 Å². The van der Waals surface area contributed by atoms with E-state index in [0.29, 0.717) is 28.3 Å². The number of carbonyl (C=O) groups excluding carboxylic acids is 2. The molecule has 0 fully saturated rings. The van der Waals surface area contributed by atoms with Gasteiger partial charge in [0.2, 0.25) is 5.79 Å². The van der Waals surface area contributed by atoms with Gasteiger partial charge in [-0.3, -0.25) is 0 Å². The molecule has 28 heavy (non-hydrogen) atoms. The van der Waals surface area contributed by atoms with Crippen LogP contribution in [0.5, 0.6) is 11.5 Å². The molecule has 8 heteroatoms. The van der Waals surface area contributed by atoms with E-state index in [4.69, 9.17) is 14.2 Å². The van der Waals surface area contributed by atoms with Gasteiger partial charge in [0.1, 0.15) is 11.5 Å². The minimum absolute atomic E-state index is 0.0583. The first kappa shape index (κ1) is 19.5. The van der Waals surface area contributed by atoms with Gasteiger partial charge >= 0.3 is 12.0 Å². The van der Waals surface area contributed by atoms with E-state index in [9.17, 15) is 14.7 Å². The van der Waals surface area contributed by atoms with Gasteiger partial charge in [-0.1, -0.05) is 6.07 Å². The van der Waals surface area contributed by atoms with Crippen molar-refractivity contribution in [2.24, 2.45) is 0 Å². The number of anilines is 1. The van der Waals surface area contributed by atoms with Crippen LogP contribution in [0.25, 0.3) is 0 Å². The number of rotatable bonds is 3. The van der Waals surface area contributed by atoms with Crippen LogP contribution in [-0.2, 0) is 11.3 Å². The third kappa shape index (κ3) is 4.34. The number of esters is 1. The Hall–Kier alpha value is -3.26. The van der Waals surface area contributed by atoms with Crippen molar-refractivity contribution in [1.29, 1.82) is 0 Å². The molecule has 0 aliphatic carbocycles. The monoisotopic (exact) mass is 386 g/mol. The molecule has 2 amide bonds. The maximum atomic E-state index is 12.7. The van der Waals surface area contributed by atoms with Crippen molar-refractivity contribution >= 4 is 17.7 Å². The predicted molar refractivity (Wildman–Crippen MR) is 101 cm³/mol. The second kappa shape index (κ2) is 7.77. The fourth-order valence-corrected chi connectivity index (χ4v) is 2.93. The first-order valence-corrected chi connectivity index (χ1v) is 8.64. The lowest BCUT2D eigenvalue weighted by Crippen LogP contribution is -2.46. The van der Waals surface area contributed by atoms with Gasteiger partial charge in [0.05, 0.1) is 32.9 Å². The molecule has 1 aliphatic rings. The average molecular weight is 386 g/mol. The van der Waals surface area contributed by atoms with Crippen LogP contribution < -0.4 is 14.8 Å². The zero-order valence-electron chi connectivity index (χ0n) is 15.9. The molecule has 2 aromatic carbocycles. The molecule has 2 aromatic rings. The third-order valence-corrected chi connectivity index (χ3v) is 4.29. The van der Waals surface area contributed by atoms with E-state index >= 15 is 0 Å². The summed E-state index contributed by atoms with van der Waals surface area (Å²) in [4.78, 5) is 25.9. The van der Waals surface area contributed by atoms with Crippen molar-refractivity contribution in [3.05, 3.63) is 53.6 Å². The molecule has 0 unspecified atom stereocenters. The first-order chi connectivity index (χ1) is 13.3. The summed E-state index contributed by atoms with van der Waals surface area (Å²) >= 11 is 0. The maximum absolute atomic E-state index is 12.7. The molecule has 148 valence electrons. The molecule has 1 atom stereocenters. The van der Waals surface area contributed by atoms with Crippen LogP contribution in [0.4, 0.5) is 10.5 Å². The van der Waals surface area contributed by atoms with Crippen LogP contribution in [0, 0.1) is 0 Å². The molecule has 0 saturated carbocycles.